The SMILES string of the molecule is CCC1(CC)Oc2ccccc2C(N2CCCC2)C1O. The predicted octanol–water partition coefficient (Wildman–Crippen LogP) is 3.14. The molecule has 2 atom stereocenters. The van der Waals surface area contributed by atoms with E-state index in [2.05, 4.69) is 24.8 Å². The normalized spacial score (nSPS) is 28.9. The number of hydrogen-bond donors (Lipinski definition) is 1. The van der Waals surface area contributed by atoms with E-state index >= 15 is 0 Å². The quantitative estimate of drug-likeness (QED) is 0.920. The van der Waals surface area contributed by atoms with E-state index in [1.54, 1.807) is 0 Å². The van der Waals surface area contributed by atoms with Crippen LogP contribution in [0.3, 0.4) is 0 Å². The van der Waals surface area contributed by atoms with Crippen molar-refractivity contribution in [2.24, 2.45) is 0 Å². The van der Waals surface area contributed by atoms with Gasteiger partial charge in [-0.3, -0.25) is 4.90 Å². The first kappa shape index (κ1) is 13.9. The fourth-order valence-electron chi connectivity index (χ4n) is 3.78. The summed E-state index contributed by atoms with van der Waals surface area (Å²) in [7, 11) is 0. The maximum Gasteiger partial charge on any atom is 0.136 e. The maximum absolute atomic E-state index is 11.0. The molecule has 1 fully saturated rings. The molecule has 0 radical (unpaired) electrons. The molecule has 0 amide bonds. The smallest absolute Gasteiger partial charge is 0.136 e. The van der Waals surface area contributed by atoms with Crippen molar-refractivity contribution in [2.75, 3.05) is 13.1 Å². The van der Waals surface area contributed by atoms with Gasteiger partial charge in [0.25, 0.3) is 0 Å². The third-order valence-electron chi connectivity index (χ3n) is 5.12. The van der Waals surface area contributed by atoms with Crippen LogP contribution in [0.4, 0.5) is 0 Å². The van der Waals surface area contributed by atoms with Gasteiger partial charge in [0.1, 0.15) is 17.5 Å². The Morgan fingerprint density at radius 3 is 2.50 bits per heavy atom. The number of hydrogen-bond acceptors (Lipinski definition) is 3. The van der Waals surface area contributed by atoms with Crippen molar-refractivity contribution in [3.8, 4) is 5.75 Å². The molecule has 1 aromatic carbocycles. The van der Waals surface area contributed by atoms with Crippen LogP contribution in [-0.2, 0) is 0 Å². The van der Waals surface area contributed by atoms with Crippen LogP contribution in [0.2, 0.25) is 0 Å². The lowest BCUT2D eigenvalue weighted by Gasteiger charge is -2.48. The second-order valence-corrected chi connectivity index (χ2v) is 6.04. The summed E-state index contributed by atoms with van der Waals surface area (Å²) in [6.45, 7) is 6.39. The number of aliphatic hydroxyl groups excluding tert-OH is 1. The van der Waals surface area contributed by atoms with Crippen LogP contribution in [0.25, 0.3) is 0 Å². The van der Waals surface area contributed by atoms with Crippen LogP contribution in [0, 0.1) is 0 Å². The van der Waals surface area contributed by atoms with Gasteiger partial charge in [-0.05, 0) is 44.8 Å². The average Bonchev–Trinajstić information content (AvgIpc) is 3.00. The Bertz CT molecular complexity index is 464. The van der Waals surface area contributed by atoms with Crippen LogP contribution in [0.15, 0.2) is 24.3 Å². The Balaban J connectivity index is 2.05. The summed E-state index contributed by atoms with van der Waals surface area (Å²) in [5.74, 6) is 0.957. The van der Waals surface area contributed by atoms with Crippen molar-refractivity contribution >= 4 is 0 Å². The van der Waals surface area contributed by atoms with Crippen LogP contribution >= 0.6 is 0 Å². The van der Waals surface area contributed by atoms with Gasteiger partial charge in [-0.2, -0.15) is 0 Å². The number of likely N-dealkylation sites (tertiary alicyclic amines) is 1. The Morgan fingerprint density at radius 2 is 1.85 bits per heavy atom. The minimum atomic E-state index is -0.453. The van der Waals surface area contributed by atoms with E-state index < -0.39 is 11.7 Å². The molecule has 2 heterocycles. The summed E-state index contributed by atoms with van der Waals surface area (Å²) in [6, 6.07) is 8.31. The highest BCUT2D eigenvalue weighted by molar-refractivity contribution is 5.40. The van der Waals surface area contributed by atoms with E-state index in [0.29, 0.717) is 0 Å². The summed E-state index contributed by atoms with van der Waals surface area (Å²) in [5, 5.41) is 11.0. The van der Waals surface area contributed by atoms with Gasteiger partial charge in [0, 0.05) is 5.56 Å². The highest BCUT2D eigenvalue weighted by atomic mass is 16.5. The molecule has 20 heavy (non-hydrogen) atoms. The number of aliphatic hydroxyl groups is 1. The Kier molecular flexibility index (Phi) is 3.74. The van der Waals surface area contributed by atoms with E-state index in [4.69, 9.17) is 4.74 Å². The van der Waals surface area contributed by atoms with E-state index in [9.17, 15) is 5.11 Å². The van der Waals surface area contributed by atoms with Crippen LogP contribution in [-0.4, -0.2) is 34.8 Å². The number of fused-ring (bicyclic) bond motifs is 1. The van der Waals surface area contributed by atoms with Gasteiger partial charge in [0.15, 0.2) is 0 Å². The van der Waals surface area contributed by atoms with Crippen molar-refractivity contribution in [1.82, 2.24) is 4.90 Å². The largest absolute Gasteiger partial charge is 0.484 e. The van der Waals surface area contributed by atoms with Gasteiger partial charge in [0.2, 0.25) is 0 Å². The molecule has 2 unspecified atom stereocenters. The molecule has 0 saturated carbocycles. The van der Waals surface area contributed by atoms with Crippen LogP contribution in [0.5, 0.6) is 5.75 Å². The summed E-state index contributed by atoms with van der Waals surface area (Å²) >= 11 is 0. The van der Waals surface area contributed by atoms with Gasteiger partial charge in [-0.25, -0.2) is 0 Å². The van der Waals surface area contributed by atoms with E-state index in [1.165, 1.54) is 12.8 Å². The van der Waals surface area contributed by atoms with Crippen molar-refractivity contribution in [1.29, 1.82) is 0 Å². The molecule has 2 aliphatic rings. The highest BCUT2D eigenvalue weighted by Gasteiger charge is 2.49. The van der Waals surface area contributed by atoms with Gasteiger partial charge < -0.3 is 9.84 Å². The lowest BCUT2D eigenvalue weighted by atomic mass is 9.80. The minimum Gasteiger partial charge on any atom is -0.484 e. The molecule has 1 aromatic rings. The summed E-state index contributed by atoms with van der Waals surface area (Å²) in [5.41, 5.74) is 0.709. The molecule has 2 aliphatic heterocycles. The third kappa shape index (κ3) is 2.04. The molecule has 3 nitrogen and oxygen atoms in total. The third-order valence-corrected chi connectivity index (χ3v) is 5.12. The molecule has 0 spiro atoms. The van der Waals surface area contributed by atoms with E-state index in [-0.39, 0.29) is 6.04 Å². The Hall–Kier alpha value is -1.06. The van der Waals surface area contributed by atoms with Crippen molar-refractivity contribution in [2.45, 2.75) is 57.3 Å². The molecule has 1 N–H and O–H groups in total. The zero-order chi connectivity index (χ0) is 14.2. The summed E-state index contributed by atoms with van der Waals surface area (Å²) in [4.78, 5) is 2.44. The zero-order valence-corrected chi connectivity index (χ0v) is 12.5. The van der Waals surface area contributed by atoms with Gasteiger partial charge in [-0.15, -0.1) is 0 Å². The number of benzene rings is 1. The second kappa shape index (κ2) is 5.38. The lowest BCUT2D eigenvalue weighted by molar-refractivity contribution is -0.113. The van der Waals surface area contributed by atoms with Crippen molar-refractivity contribution in [3.63, 3.8) is 0 Å². The number of rotatable bonds is 3. The van der Waals surface area contributed by atoms with Gasteiger partial charge >= 0.3 is 0 Å². The van der Waals surface area contributed by atoms with Crippen LogP contribution < -0.4 is 4.74 Å². The first-order valence-electron chi connectivity index (χ1n) is 7.92. The fraction of sp³-hybridized carbons (Fsp3) is 0.647. The van der Waals surface area contributed by atoms with Gasteiger partial charge in [-0.1, -0.05) is 32.0 Å². The van der Waals surface area contributed by atoms with Gasteiger partial charge in [0.05, 0.1) is 6.04 Å². The topological polar surface area (TPSA) is 32.7 Å². The Morgan fingerprint density at radius 1 is 1.20 bits per heavy atom. The monoisotopic (exact) mass is 275 g/mol. The van der Waals surface area contributed by atoms with E-state index in [0.717, 1.165) is 37.2 Å². The standard InChI is InChI=1S/C17H25NO2/c1-3-17(4-2)16(19)15(18-11-7-8-12-18)13-9-5-6-10-14(13)20-17/h5-6,9-10,15-16,19H,3-4,7-8,11-12H2,1-2H3. The van der Waals surface area contributed by atoms with E-state index in [1.807, 2.05) is 18.2 Å². The zero-order valence-electron chi connectivity index (χ0n) is 12.5. The molecule has 0 bridgehead atoms. The number of para-hydroxylation sites is 1. The van der Waals surface area contributed by atoms with Crippen LogP contribution in [0.1, 0.15) is 51.1 Å². The molecule has 3 heteroatoms. The first-order chi connectivity index (χ1) is 9.72. The molecule has 0 aliphatic carbocycles. The summed E-state index contributed by atoms with van der Waals surface area (Å²) < 4.78 is 6.24. The lowest BCUT2D eigenvalue weighted by Crippen LogP contribution is -2.56. The second-order valence-electron chi connectivity index (χ2n) is 6.04. The summed E-state index contributed by atoms with van der Waals surface area (Å²) in [6.07, 6.45) is 3.69. The molecule has 3 rings (SSSR count). The molecule has 0 aromatic heterocycles. The minimum absolute atomic E-state index is 0.0855. The molecule has 110 valence electrons. The first-order valence-corrected chi connectivity index (χ1v) is 7.92. The average molecular weight is 275 g/mol. The highest BCUT2D eigenvalue weighted by Crippen LogP contribution is 2.46. The van der Waals surface area contributed by atoms with Crippen molar-refractivity contribution < 1.29 is 9.84 Å². The maximum atomic E-state index is 11.0. The van der Waals surface area contributed by atoms with Crippen molar-refractivity contribution in [3.05, 3.63) is 29.8 Å². The number of nitrogens with zero attached hydrogens (tertiary/aromatic N) is 1. The molecular formula is C17H25NO2. The molecular weight excluding hydrogens is 250 g/mol. The fourth-order valence-corrected chi connectivity index (χ4v) is 3.78. The predicted molar refractivity (Wildman–Crippen MR) is 79.9 cm³/mol. The number of ether oxygens (including phenoxy) is 1. The molecule has 1 saturated heterocycles. The Labute approximate surface area is 121 Å².